The van der Waals surface area contributed by atoms with Crippen molar-refractivity contribution in [1.29, 1.82) is 0 Å². The summed E-state index contributed by atoms with van der Waals surface area (Å²) < 4.78 is 0. The van der Waals surface area contributed by atoms with E-state index in [2.05, 4.69) is 11.4 Å². The summed E-state index contributed by atoms with van der Waals surface area (Å²) in [6.07, 6.45) is 0.936. The lowest BCUT2D eigenvalue weighted by Crippen LogP contribution is -2.50. The Labute approximate surface area is 189 Å². The first-order valence-corrected chi connectivity index (χ1v) is 11.7. The number of thioether (sulfide) groups is 1. The van der Waals surface area contributed by atoms with E-state index >= 15 is 0 Å². The van der Waals surface area contributed by atoms with Crippen LogP contribution in [0.25, 0.3) is 0 Å². The molecule has 0 saturated carbocycles. The Morgan fingerprint density at radius 2 is 1.83 bits per heavy atom. The fourth-order valence-corrected chi connectivity index (χ4v) is 4.20. The monoisotopic (exact) mass is 446 g/mol. The summed E-state index contributed by atoms with van der Waals surface area (Å²) in [5.74, 6) is 0.537. The molecule has 4 nitrogen and oxygen atoms in total. The van der Waals surface area contributed by atoms with Gasteiger partial charge in [-0.3, -0.25) is 9.59 Å². The van der Waals surface area contributed by atoms with Crippen molar-refractivity contribution in [3.05, 3.63) is 64.7 Å². The number of nitrogens with zero attached hydrogens (tertiary/aromatic N) is 1. The van der Waals surface area contributed by atoms with Gasteiger partial charge in [-0.25, -0.2) is 0 Å². The van der Waals surface area contributed by atoms with Crippen LogP contribution in [0.1, 0.15) is 44.7 Å². The normalized spacial score (nSPS) is 11.9. The van der Waals surface area contributed by atoms with Gasteiger partial charge < -0.3 is 10.2 Å². The average molecular weight is 447 g/mol. The molecule has 2 aromatic carbocycles. The van der Waals surface area contributed by atoms with Gasteiger partial charge in [0.15, 0.2) is 0 Å². The summed E-state index contributed by atoms with van der Waals surface area (Å²) in [6.45, 7) is 8.26. The summed E-state index contributed by atoms with van der Waals surface area (Å²) in [7, 11) is 0. The fraction of sp³-hybridized carbons (Fsp3) is 0.417. The third-order valence-electron chi connectivity index (χ3n) is 4.65. The van der Waals surface area contributed by atoms with Crippen molar-refractivity contribution in [2.24, 2.45) is 0 Å². The molecule has 2 amide bonds. The van der Waals surface area contributed by atoms with Gasteiger partial charge in [0.1, 0.15) is 6.04 Å². The molecule has 2 aromatic rings. The zero-order valence-electron chi connectivity index (χ0n) is 18.2. The Morgan fingerprint density at radius 3 is 2.43 bits per heavy atom. The van der Waals surface area contributed by atoms with E-state index in [0.29, 0.717) is 30.2 Å². The summed E-state index contributed by atoms with van der Waals surface area (Å²) >= 11 is 7.55. The van der Waals surface area contributed by atoms with Crippen LogP contribution in [0.4, 0.5) is 0 Å². The number of hydrogen-bond donors (Lipinski definition) is 1. The molecule has 0 spiro atoms. The van der Waals surface area contributed by atoms with Gasteiger partial charge in [0.2, 0.25) is 11.8 Å². The lowest BCUT2D eigenvalue weighted by atomic mass is 10.1. The maximum absolute atomic E-state index is 13.2. The number of rotatable bonds is 10. The molecule has 0 saturated heterocycles. The summed E-state index contributed by atoms with van der Waals surface area (Å²) in [5, 5.41) is 3.66. The predicted octanol–water partition coefficient (Wildman–Crippen LogP) is 5.46. The van der Waals surface area contributed by atoms with E-state index in [1.54, 1.807) is 16.7 Å². The molecule has 1 atom stereocenters. The van der Waals surface area contributed by atoms with Crippen molar-refractivity contribution in [2.75, 3.05) is 5.75 Å². The van der Waals surface area contributed by atoms with Crippen LogP contribution in [0.3, 0.4) is 0 Å². The summed E-state index contributed by atoms with van der Waals surface area (Å²) in [4.78, 5) is 28.8. The molecule has 0 aromatic heterocycles. The first-order chi connectivity index (χ1) is 14.3. The van der Waals surface area contributed by atoms with Crippen LogP contribution in [0, 0.1) is 6.92 Å². The zero-order chi connectivity index (χ0) is 22.1. The molecule has 0 bridgehead atoms. The summed E-state index contributed by atoms with van der Waals surface area (Å²) in [5.41, 5.74) is 2.17. The van der Waals surface area contributed by atoms with Crippen LogP contribution in [-0.4, -0.2) is 34.6 Å². The van der Waals surface area contributed by atoms with Gasteiger partial charge in [0.25, 0.3) is 0 Å². The molecule has 0 aliphatic carbocycles. The number of hydrogen-bond acceptors (Lipinski definition) is 3. The largest absolute Gasteiger partial charge is 0.352 e. The maximum atomic E-state index is 13.2. The highest BCUT2D eigenvalue weighted by Crippen LogP contribution is 2.22. The van der Waals surface area contributed by atoms with Gasteiger partial charge in [-0.15, -0.1) is 11.8 Å². The quantitative estimate of drug-likeness (QED) is 0.493. The van der Waals surface area contributed by atoms with Gasteiger partial charge in [-0.05, 0) is 57.0 Å². The molecule has 0 radical (unpaired) electrons. The van der Waals surface area contributed by atoms with Crippen LogP contribution in [0.5, 0.6) is 0 Å². The molecule has 162 valence electrons. The Hall–Kier alpha value is -1.98. The van der Waals surface area contributed by atoms with Crippen LogP contribution >= 0.6 is 23.4 Å². The third kappa shape index (κ3) is 7.69. The van der Waals surface area contributed by atoms with Crippen molar-refractivity contribution >= 4 is 35.2 Å². The number of nitrogens with one attached hydrogen (secondary N) is 1. The lowest BCUT2D eigenvalue weighted by molar-refractivity contribution is -0.141. The molecule has 30 heavy (non-hydrogen) atoms. The van der Waals surface area contributed by atoms with E-state index in [-0.39, 0.29) is 17.9 Å². The minimum Gasteiger partial charge on any atom is -0.352 e. The van der Waals surface area contributed by atoms with Crippen molar-refractivity contribution in [3.8, 4) is 0 Å². The van der Waals surface area contributed by atoms with Crippen molar-refractivity contribution in [1.82, 2.24) is 10.2 Å². The number of amides is 2. The molecular formula is C24H31ClN2O2S. The number of carbonyl (C=O) groups is 2. The van der Waals surface area contributed by atoms with Crippen LogP contribution < -0.4 is 5.32 Å². The Kier molecular flexibility index (Phi) is 9.73. The highest BCUT2D eigenvalue weighted by Gasteiger charge is 2.28. The van der Waals surface area contributed by atoms with Gasteiger partial charge in [0, 0.05) is 34.7 Å². The Balaban J connectivity index is 2.12. The average Bonchev–Trinajstić information content (AvgIpc) is 2.68. The highest BCUT2D eigenvalue weighted by molar-refractivity contribution is 7.99. The first kappa shape index (κ1) is 24.3. The van der Waals surface area contributed by atoms with Gasteiger partial charge >= 0.3 is 0 Å². The van der Waals surface area contributed by atoms with E-state index in [4.69, 9.17) is 11.6 Å². The van der Waals surface area contributed by atoms with E-state index in [1.807, 2.05) is 70.2 Å². The number of aryl methyl sites for hydroxylation is 1. The number of benzene rings is 2. The molecule has 0 aliphatic rings. The SMILES string of the molecule is CC[C@@H](C(=O)NC(C)C)N(Cc1cccc(C)c1)C(=O)CCSc1ccc(Cl)cc1. The third-order valence-corrected chi connectivity index (χ3v) is 5.92. The standard InChI is InChI=1S/C24H31ClN2O2S/c1-5-22(24(29)26-17(2)3)27(16-19-8-6-7-18(4)15-19)23(28)13-14-30-21-11-9-20(25)10-12-21/h6-12,15,17,22H,5,13-14,16H2,1-4H3,(H,26,29)/t22-/m0/s1. The number of halogens is 1. The Bertz CT molecular complexity index is 839. The second kappa shape index (κ2) is 12.0. The van der Waals surface area contributed by atoms with Crippen LogP contribution in [0.15, 0.2) is 53.4 Å². The lowest BCUT2D eigenvalue weighted by Gasteiger charge is -2.31. The molecule has 6 heteroatoms. The second-order valence-electron chi connectivity index (χ2n) is 7.65. The predicted molar refractivity (Wildman–Crippen MR) is 126 cm³/mol. The van der Waals surface area contributed by atoms with E-state index in [0.717, 1.165) is 16.0 Å². The van der Waals surface area contributed by atoms with Crippen LogP contribution in [-0.2, 0) is 16.1 Å². The topological polar surface area (TPSA) is 49.4 Å². The zero-order valence-corrected chi connectivity index (χ0v) is 19.7. The fourth-order valence-electron chi connectivity index (χ4n) is 3.24. The van der Waals surface area contributed by atoms with E-state index in [9.17, 15) is 9.59 Å². The smallest absolute Gasteiger partial charge is 0.243 e. The van der Waals surface area contributed by atoms with Crippen LogP contribution in [0.2, 0.25) is 5.02 Å². The van der Waals surface area contributed by atoms with Crippen molar-refractivity contribution in [3.63, 3.8) is 0 Å². The molecule has 2 rings (SSSR count). The maximum Gasteiger partial charge on any atom is 0.243 e. The van der Waals surface area contributed by atoms with Gasteiger partial charge in [0.05, 0.1) is 0 Å². The van der Waals surface area contributed by atoms with Gasteiger partial charge in [-0.1, -0.05) is 48.4 Å². The minimum atomic E-state index is -0.485. The second-order valence-corrected chi connectivity index (χ2v) is 9.26. The minimum absolute atomic E-state index is 0.0104. The highest BCUT2D eigenvalue weighted by atomic mass is 35.5. The van der Waals surface area contributed by atoms with Crippen molar-refractivity contribution < 1.29 is 9.59 Å². The summed E-state index contributed by atoms with van der Waals surface area (Å²) in [6, 6.07) is 15.2. The van der Waals surface area contributed by atoms with E-state index < -0.39 is 6.04 Å². The Morgan fingerprint density at radius 1 is 1.13 bits per heavy atom. The molecule has 0 heterocycles. The molecule has 0 aliphatic heterocycles. The van der Waals surface area contributed by atoms with E-state index in [1.165, 1.54) is 0 Å². The number of carbonyl (C=O) groups excluding carboxylic acids is 2. The first-order valence-electron chi connectivity index (χ1n) is 10.3. The molecule has 1 N–H and O–H groups in total. The molecule has 0 unspecified atom stereocenters. The molecular weight excluding hydrogens is 416 g/mol. The van der Waals surface area contributed by atoms with Gasteiger partial charge in [-0.2, -0.15) is 0 Å². The molecule has 0 fully saturated rings. The van der Waals surface area contributed by atoms with Crippen molar-refractivity contribution in [2.45, 2.75) is 64.1 Å².